The molecule has 0 bridgehead atoms. The highest BCUT2D eigenvalue weighted by Crippen LogP contribution is 2.48. The minimum absolute atomic E-state index is 0.196. The van der Waals surface area contributed by atoms with Gasteiger partial charge in [0.1, 0.15) is 0 Å². The van der Waals surface area contributed by atoms with E-state index in [1.165, 1.54) is 59.1 Å². The van der Waals surface area contributed by atoms with Crippen molar-refractivity contribution in [2.45, 2.75) is 84.0 Å². The van der Waals surface area contributed by atoms with Crippen molar-refractivity contribution in [2.24, 2.45) is 0 Å². The van der Waals surface area contributed by atoms with Crippen molar-refractivity contribution in [3.05, 3.63) is 63.9 Å². The summed E-state index contributed by atoms with van der Waals surface area (Å²) in [6.45, 7) is 11.8. The maximum atomic E-state index is 11.8. The summed E-state index contributed by atoms with van der Waals surface area (Å²) >= 11 is 0.723. The summed E-state index contributed by atoms with van der Waals surface area (Å²) in [6.07, 6.45) is 12.8. The summed E-state index contributed by atoms with van der Waals surface area (Å²) in [6, 6.07) is 4.93. The first-order chi connectivity index (χ1) is 14.6. The van der Waals surface area contributed by atoms with Crippen LogP contribution in [-0.2, 0) is 15.6 Å². The zero-order chi connectivity index (χ0) is 22.4. The average Bonchev–Trinajstić information content (AvgIpc) is 3.03. The van der Waals surface area contributed by atoms with Crippen molar-refractivity contribution < 1.29 is 9.59 Å². The van der Waals surface area contributed by atoms with Gasteiger partial charge in [-0.15, -0.1) is 0 Å². The minimum Gasteiger partial charge on any atom is -0.313 e. The van der Waals surface area contributed by atoms with Crippen LogP contribution in [0.5, 0.6) is 0 Å². The van der Waals surface area contributed by atoms with Gasteiger partial charge in [0, 0.05) is 11.8 Å². The fraction of sp³-hybridized carbons (Fsp3) is 0.481. The van der Waals surface area contributed by atoms with Gasteiger partial charge >= 0.3 is 0 Å². The molecule has 0 radical (unpaired) electrons. The van der Waals surface area contributed by atoms with Crippen LogP contribution >= 0.6 is 11.8 Å². The summed E-state index contributed by atoms with van der Waals surface area (Å²) in [7, 11) is 0. The smallest absolute Gasteiger partial charge is 0.291 e. The second-order valence-corrected chi connectivity index (χ2v) is 11.4. The van der Waals surface area contributed by atoms with E-state index in [1.807, 2.05) is 6.08 Å². The van der Waals surface area contributed by atoms with E-state index in [1.54, 1.807) is 6.08 Å². The number of aryl methyl sites for hydroxylation is 1. The second kappa shape index (κ2) is 8.12. The first kappa shape index (κ1) is 22.1. The molecular weight excluding hydrogens is 402 g/mol. The number of fused-ring (bicyclic) bond motifs is 1. The molecular formula is C27H33NO2S. The Hall–Kier alpha value is -2.07. The number of carbonyl (C=O) groups is 2. The highest BCUT2D eigenvalue weighted by atomic mass is 32.2. The number of carbonyl (C=O) groups excluding carboxylic acids is 2. The van der Waals surface area contributed by atoms with Crippen molar-refractivity contribution in [1.29, 1.82) is 0 Å². The predicted octanol–water partition coefficient (Wildman–Crippen LogP) is 7.09. The van der Waals surface area contributed by atoms with Crippen LogP contribution in [0.2, 0.25) is 0 Å². The molecule has 0 spiro atoms. The molecule has 4 rings (SSSR count). The van der Waals surface area contributed by atoms with E-state index >= 15 is 0 Å². The first-order valence-electron chi connectivity index (χ1n) is 11.4. The Morgan fingerprint density at radius 2 is 1.61 bits per heavy atom. The quantitative estimate of drug-likeness (QED) is 0.515. The number of thioether (sulfide) groups is 1. The normalized spacial score (nSPS) is 24.1. The fourth-order valence-corrected chi connectivity index (χ4v) is 5.72. The van der Waals surface area contributed by atoms with Gasteiger partial charge in [-0.3, -0.25) is 9.59 Å². The predicted molar refractivity (Wildman–Crippen MR) is 130 cm³/mol. The van der Waals surface area contributed by atoms with Gasteiger partial charge in [0.2, 0.25) is 5.12 Å². The molecule has 1 fully saturated rings. The molecule has 164 valence electrons. The highest BCUT2D eigenvalue weighted by Gasteiger charge is 2.37. The summed E-state index contributed by atoms with van der Waals surface area (Å²) in [4.78, 5) is 23.2. The third-order valence-electron chi connectivity index (χ3n) is 7.24. The highest BCUT2D eigenvalue weighted by molar-refractivity contribution is 8.27. The summed E-state index contributed by atoms with van der Waals surface area (Å²) in [5.41, 5.74) is 9.35. The Morgan fingerprint density at radius 1 is 0.968 bits per heavy atom. The van der Waals surface area contributed by atoms with E-state index in [0.29, 0.717) is 5.70 Å². The van der Waals surface area contributed by atoms with Crippen LogP contribution in [0.3, 0.4) is 0 Å². The van der Waals surface area contributed by atoms with Gasteiger partial charge in [0.25, 0.3) is 5.24 Å². The van der Waals surface area contributed by atoms with Crippen molar-refractivity contribution >= 4 is 27.7 Å². The topological polar surface area (TPSA) is 46.2 Å². The lowest BCUT2D eigenvalue weighted by Gasteiger charge is -2.42. The van der Waals surface area contributed by atoms with Gasteiger partial charge in [-0.1, -0.05) is 52.0 Å². The molecule has 1 heterocycles. The minimum atomic E-state index is -0.294. The first-order valence-corrected chi connectivity index (χ1v) is 12.2. The summed E-state index contributed by atoms with van der Waals surface area (Å²) in [5, 5.41) is 2.11. The molecule has 1 aliphatic heterocycles. The van der Waals surface area contributed by atoms with Crippen LogP contribution < -0.4 is 5.32 Å². The lowest BCUT2D eigenvalue weighted by atomic mass is 9.62. The molecule has 0 unspecified atom stereocenters. The Bertz CT molecular complexity index is 1040. The molecule has 4 heteroatoms. The summed E-state index contributed by atoms with van der Waals surface area (Å²) < 4.78 is 0. The Kier molecular flexibility index (Phi) is 5.80. The lowest BCUT2D eigenvalue weighted by Crippen LogP contribution is -2.34. The molecule has 1 N–H and O–H groups in total. The third-order valence-corrected chi connectivity index (χ3v) is 7.93. The van der Waals surface area contributed by atoms with Crippen LogP contribution in [0.4, 0.5) is 4.79 Å². The number of hydrogen-bond donors (Lipinski definition) is 1. The fourth-order valence-electron chi connectivity index (χ4n) is 5.16. The Morgan fingerprint density at radius 3 is 2.26 bits per heavy atom. The van der Waals surface area contributed by atoms with Crippen molar-refractivity contribution in [3.63, 3.8) is 0 Å². The van der Waals surface area contributed by atoms with E-state index in [9.17, 15) is 9.59 Å². The van der Waals surface area contributed by atoms with Crippen molar-refractivity contribution in [3.8, 4) is 0 Å². The molecule has 1 saturated heterocycles. The maximum Gasteiger partial charge on any atom is 0.291 e. The molecule has 0 aromatic heterocycles. The maximum absolute atomic E-state index is 11.8. The van der Waals surface area contributed by atoms with E-state index in [4.69, 9.17) is 0 Å². The van der Waals surface area contributed by atoms with Gasteiger partial charge in [-0.2, -0.15) is 0 Å². The Labute approximate surface area is 190 Å². The van der Waals surface area contributed by atoms with E-state index in [0.717, 1.165) is 24.6 Å². The number of nitrogens with one attached hydrogen (secondary N) is 1. The monoisotopic (exact) mass is 435 g/mol. The molecule has 1 aromatic rings. The van der Waals surface area contributed by atoms with E-state index in [-0.39, 0.29) is 21.2 Å². The van der Waals surface area contributed by atoms with E-state index < -0.39 is 0 Å². The number of benzene rings is 1. The van der Waals surface area contributed by atoms with Crippen LogP contribution in [-0.4, -0.2) is 10.4 Å². The number of allylic oxidation sites excluding steroid dienone is 5. The van der Waals surface area contributed by atoms with Crippen molar-refractivity contribution in [2.75, 3.05) is 0 Å². The SMILES string of the molecule is Cc1cc2c(cc1C1=C(C=CC=C3NC(=O)SC3=O)CCCC1)C(C)(C)CCC2(C)C. The molecule has 3 aliphatic rings. The van der Waals surface area contributed by atoms with Gasteiger partial charge in [-0.25, -0.2) is 0 Å². The number of hydrogen-bond acceptors (Lipinski definition) is 3. The lowest BCUT2D eigenvalue weighted by molar-refractivity contribution is -0.107. The van der Waals surface area contributed by atoms with E-state index in [2.05, 4.69) is 58.1 Å². The summed E-state index contributed by atoms with van der Waals surface area (Å²) in [5.74, 6) is 0. The van der Waals surface area contributed by atoms with Crippen LogP contribution in [0.1, 0.15) is 88.5 Å². The number of rotatable bonds is 3. The molecule has 31 heavy (non-hydrogen) atoms. The molecule has 1 aromatic carbocycles. The van der Waals surface area contributed by atoms with Crippen LogP contribution in [0.25, 0.3) is 5.57 Å². The van der Waals surface area contributed by atoms with Gasteiger partial charge < -0.3 is 5.32 Å². The third kappa shape index (κ3) is 4.32. The number of amides is 1. The molecule has 3 nitrogen and oxygen atoms in total. The zero-order valence-corrected chi connectivity index (χ0v) is 20.2. The molecule has 1 amide bonds. The van der Waals surface area contributed by atoms with Gasteiger partial charge in [-0.05, 0) is 95.8 Å². The van der Waals surface area contributed by atoms with Crippen LogP contribution in [0, 0.1) is 6.92 Å². The molecule has 0 atom stereocenters. The van der Waals surface area contributed by atoms with Crippen LogP contribution in [0.15, 0.2) is 41.6 Å². The zero-order valence-electron chi connectivity index (χ0n) is 19.4. The Balaban J connectivity index is 1.75. The standard InChI is InChI=1S/C27H33NO2S/c1-17-15-21-22(27(4,5)14-13-26(21,2)3)16-20(17)19-11-7-6-9-18(19)10-8-12-23-24(29)31-25(30)28-23/h8,10,12,15-16H,6-7,9,11,13-14H2,1-5H3,(H,28,30). The molecule has 0 saturated carbocycles. The van der Waals surface area contributed by atoms with Gasteiger partial charge in [0.15, 0.2) is 0 Å². The largest absolute Gasteiger partial charge is 0.313 e. The molecule has 2 aliphatic carbocycles. The van der Waals surface area contributed by atoms with Gasteiger partial charge in [0.05, 0.1) is 5.70 Å². The van der Waals surface area contributed by atoms with Crippen molar-refractivity contribution in [1.82, 2.24) is 5.32 Å². The average molecular weight is 436 g/mol. The second-order valence-electron chi connectivity index (χ2n) is 10.4.